The first-order valence-electron chi connectivity index (χ1n) is 6.61. The van der Waals surface area contributed by atoms with Crippen LogP contribution in [0.5, 0.6) is 0 Å². The average Bonchev–Trinajstić information content (AvgIpc) is 2.26. The van der Waals surface area contributed by atoms with Crippen LogP contribution in [0.25, 0.3) is 0 Å². The minimum absolute atomic E-state index is 0.0268. The van der Waals surface area contributed by atoms with E-state index in [1.807, 2.05) is 0 Å². The van der Waals surface area contributed by atoms with Crippen LogP contribution in [0.3, 0.4) is 0 Å². The smallest absolute Gasteiger partial charge is 0.305 e. The second-order valence-electron chi connectivity index (χ2n) is 5.18. The van der Waals surface area contributed by atoms with E-state index in [-0.39, 0.29) is 31.1 Å². The molecule has 0 unspecified atom stereocenters. The topological polar surface area (TPSA) is 75.6 Å². The highest BCUT2D eigenvalue weighted by Crippen LogP contribution is 2.25. The van der Waals surface area contributed by atoms with Gasteiger partial charge < -0.3 is 15.2 Å². The molecular weight excluding hydrogens is 234 g/mol. The first-order chi connectivity index (χ1) is 8.49. The van der Waals surface area contributed by atoms with Crippen molar-refractivity contribution in [3.05, 3.63) is 0 Å². The molecule has 0 heterocycles. The molecule has 18 heavy (non-hydrogen) atoms. The molecule has 1 aliphatic rings. The second kappa shape index (κ2) is 7.36. The number of carboxylic acids is 1. The molecule has 1 aliphatic carbocycles. The molecule has 0 aromatic rings. The van der Waals surface area contributed by atoms with Gasteiger partial charge in [-0.2, -0.15) is 0 Å². The molecule has 104 valence electrons. The molecule has 0 saturated heterocycles. The Hall–Kier alpha value is -1.10. The standard InChI is InChI=1S/C13H23NO4/c1-9-5-3-4-6-11(9)18-8-12(15)14-10(2)7-13(16)17/h9-11H,3-8H2,1-2H3,(H,14,15)(H,16,17)/t9-,10-,11-/m1/s1. The third kappa shape index (κ3) is 5.49. The lowest BCUT2D eigenvalue weighted by Gasteiger charge is -2.28. The van der Waals surface area contributed by atoms with Gasteiger partial charge in [-0.3, -0.25) is 9.59 Å². The van der Waals surface area contributed by atoms with Gasteiger partial charge in [0.25, 0.3) is 0 Å². The van der Waals surface area contributed by atoms with Crippen molar-refractivity contribution in [3.8, 4) is 0 Å². The van der Waals surface area contributed by atoms with E-state index in [1.165, 1.54) is 6.42 Å². The quantitative estimate of drug-likeness (QED) is 0.757. The number of carbonyl (C=O) groups is 2. The van der Waals surface area contributed by atoms with Crippen LogP contribution in [0.15, 0.2) is 0 Å². The van der Waals surface area contributed by atoms with Crippen LogP contribution in [0.4, 0.5) is 0 Å². The molecule has 1 rings (SSSR count). The SMILES string of the molecule is C[C@H](CC(=O)O)NC(=O)CO[C@@H]1CCCC[C@H]1C. The maximum Gasteiger partial charge on any atom is 0.305 e. The summed E-state index contributed by atoms with van der Waals surface area (Å²) >= 11 is 0. The van der Waals surface area contributed by atoms with Crippen molar-refractivity contribution in [1.82, 2.24) is 5.32 Å². The summed E-state index contributed by atoms with van der Waals surface area (Å²) in [5, 5.41) is 11.2. The Morgan fingerprint density at radius 1 is 1.39 bits per heavy atom. The van der Waals surface area contributed by atoms with Gasteiger partial charge in [0, 0.05) is 6.04 Å². The largest absolute Gasteiger partial charge is 0.481 e. The van der Waals surface area contributed by atoms with Crippen LogP contribution in [-0.4, -0.2) is 35.7 Å². The van der Waals surface area contributed by atoms with Crippen molar-refractivity contribution in [3.63, 3.8) is 0 Å². The van der Waals surface area contributed by atoms with Crippen LogP contribution >= 0.6 is 0 Å². The lowest BCUT2D eigenvalue weighted by atomic mass is 9.88. The summed E-state index contributed by atoms with van der Waals surface area (Å²) in [6.07, 6.45) is 4.67. The van der Waals surface area contributed by atoms with Crippen LogP contribution in [0.2, 0.25) is 0 Å². The molecule has 2 N–H and O–H groups in total. The normalized spacial score (nSPS) is 25.4. The fourth-order valence-electron chi connectivity index (χ4n) is 2.34. The van der Waals surface area contributed by atoms with Crippen molar-refractivity contribution in [2.24, 2.45) is 5.92 Å². The van der Waals surface area contributed by atoms with E-state index in [0.29, 0.717) is 5.92 Å². The predicted molar refractivity (Wildman–Crippen MR) is 67.2 cm³/mol. The number of ether oxygens (including phenoxy) is 1. The van der Waals surface area contributed by atoms with Gasteiger partial charge in [-0.1, -0.05) is 19.8 Å². The predicted octanol–water partition coefficient (Wildman–Crippen LogP) is 1.56. The van der Waals surface area contributed by atoms with Crippen LogP contribution in [-0.2, 0) is 14.3 Å². The minimum Gasteiger partial charge on any atom is -0.481 e. The summed E-state index contributed by atoms with van der Waals surface area (Å²) in [6.45, 7) is 3.85. The Morgan fingerprint density at radius 2 is 2.06 bits per heavy atom. The first-order valence-corrected chi connectivity index (χ1v) is 6.61. The molecule has 1 fully saturated rings. The van der Waals surface area contributed by atoms with Crippen molar-refractivity contribution < 1.29 is 19.4 Å². The first kappa shape index (κ1) is 15.0. The Bertz CT molecular complexity index is 293. The van der Waals surface area contributed by atoms with E-state index >= 15 is 0 Å². The van der Waals surface area contributed by atoms with E-state index < -0.39 is 5.97 Å². The molecule has 0 spiro atoms. The lowest BCUT2D eigenvalue weighted by Crippen LogP contribution is -2.38. The zero-order valence-corrected chi connectivity index (χ0v) is 11.1. The Morgan fingerprint density at radius 3 is 2.67 bits per heavy atom. The summed E-state index contributed by atoms with van der Waals surface area (Å²) in [7, 11) is 0. The number of hydrogen-bond acceptors (Lipinski definition) is 3. The number of amides is 1. The highest BCUT2D eigenvalue weighted by Gasteiger charge is 2.22. The fraction of sp³-hybridized carbons (Fsp3) is 0.846. The zero-order chi connectivity index (χ0) is 13.5. The molecule has 0 aliphatic heterocycles. The summed E-state index contributed by atoms with van der Waals surface area (Å²) in [6, 6.07) is -0.359. The molecule has 5 heteroatoms. The molecule has 0 aromatic heterocycles. The van der Waals surface area contributed by atoms with Gasteiger partial charge in [-0.25, -0.2) is 0 Å². The lowest BCUT2D eigenvalue weighted by molar-refractivity contribution is -0.138. The van der Waals surface area contributed by atoms with E-state index in [1.54, 1.807) is 6.92 Å². The summed E-state index contributed by atoms with van der Waals surface area (Å²) in [5.74, 6) is -0.644. The Labute approximate surface area is 108 Å². The molecule has 0 bridgehead atoms. The van der Waals surface area contributed by atoms with Gasteiger partial charge in [0.2, 0.25) is 5.91 Å². The van der Waals surface area contributed by atoms with Crippen LogP contribution in [0.1, 0.15) is 46.0 Å². The average molecular weight is 257 g/mol. The summed E-state index contributed by atoms with van der Waals surface area (Å²) < 4.78 is 5.60. The highest BCUT2D eigenvalue weighted by atomic mass is 16.5. The second-order valence-corrected chi connectivity index (χ2v) is 5.18. The van der Waals surface area contributed by atoms with Gasteiger partial charge in [0.15, 0.2) is 0 Å². The van der Waals surface area contributed by atoms with E-state index in [2.05, 4.69) is 12.2 Å². The molecule has 1 saturated carbocycles. The third-order valence-electron chi connectivity index (χ3n) is 3.35. The molecule has 1 amide bonds. The number of aliphatic carboxylic acids is 1. The van der Waals surface area contributed by atoms with Crippen molar-refractivity contribution >= 4 is 11.9 Å². The minimum atomic E-state index is -0.912. The number of rotatable bonds is 6. The Balaban J connectivity index is 2.21. The molecule has 5 nitrogen and oxygen atoms in total. The molecule has 3 atom stereocenters. The van der Waals surface area contributed by atoms with E-state index in [9.17, 15) is 9.59 Å². The molecule has 0 aromatic carbocycles. The van der Waals surface area contributed by atoms with Crippen LogP contribution < -0.4 is 5.32 Å². The highest BCUT2D eigenvalue weighted by molar-refractivity contribution is 5.78. The zero-order valence-electron chi connectivity index (χ0n) is 11.1. The molecule has 0 radical (unpaired) electrons. The van der Waals surface area contributed by atoms with Gasteiger partial charge in [-0.15, -0.1) is 0 Å². The fourth-order valence-corrected chi connectivity index (χ4v) is 2.34. The Kier molecular flexibility index (Phi) is 6.12. The number of nitrogens with one attached hydrogen (secondary N) is 1. The van der Waals surface area contributed by atoms with E-state index in [0.717, 1.165) is 19.3 Å². The number of carboxylic acid groups (broad SMARTS) is 1. The van der Waals surface area contributed by atoms with Crippen molar-refractivity contribution in [1.29, 1.82) is 0 Å². The van der Waals surface area contributed by atoms with Gasteiger partial charge in [0.1, 0.15) is 6.61 Å². The van der Waals surface area contributed by atoms with Crippen molar-refractivity contribution in [2.45, 2.75) is 58.1 Å². The van der Waals surface area contributed by atoms with Crippen LogP contribution in [0, 0.1) is 5.92 Å². The van der Waals surface area contributed by atoms with Gasteiger partial charge in [0.05, 0.1) is 12.5 Å². The maximum atomic E-state index is 11.6. The summed E-state index contributed by atoms with van der Waals surface area (Å²) in [4.78, 5) is 22.0. The van der Waals surface area contributed by atoms with Gasteiger partial charge >= 0.3 is 5.97 Å². The maximum absolute atomic E-state index is 11.6. The molecular formula is C13H23NO4. The van der Waals surface area contributed by atoms with E-state index in [4.69, 9.17) is 9.84 Å². The number of carbonyl (C=O) groups excluding carboxylic acids is 1. The van der Waals surface area contributed by atoms with Gasteiger partial charge in [-0.05, 0) is 25.7 Å². The summed E-state index contributed by atoms with van der Waals surface area (Å²) in [5.41, 5.74) is 0. The van der Waals surface area contributed by atoms with Crippen molar-refractivity contribution in [2.75, 3.05) is 6.61 Å². The monoisotopic (exact) mass is 257 g/mol. The number of hydrogen-bond donors (Lipinski definition) is 2. The third-order valence-corrected chi connectivity index (χ3v) is 3.35.